The van der Waals surface area contributed by atoms with E-state index in [9.17, 15) is 4.79 Å². The Morgan fingerprint density at radius 3 is 2.56 bits per heavy atom. The molecule has 3 nitrogen and oxygen atoms in total. The number of carbonyl (C=O) groups is 1. The quantitative estimate of drug-likeness (QED) is 0.796. The highest BCUT2D eigenvalue weighted by molar-refractivity contribution is 5.95. The standard InChI is InChI=1S/C13H20N2O/c1-5-13(2,3)15(4)12(16)10-7-6-8-11(14)9-10/h6-9H,5,14H2,1-4H3. The first kappa shape index (κ1) is 12.6. The molecule has 0 atom stereocenters. The number of nitrogens with two attached hydrogens (primary N) is 1. The Morgan fingerprint density at radius 1 is 1.44 bits per heavy atom. The fraction of sp³-hybridized carbons (Fsp3) is 0.462. The first-order valence-electron chi connectivity index (χ1n) is 5.52. The van der Waals surface area contributed by atoms with Crippen LogP contribution in [0.15, 0.2) is 24.3 Å². The number of anilines is 1. The van der Waals surface area contributed by atoms with Crippen molar-refractivity contribution in [2.24, 2.45) is 0 Å². The number of benzene rings is 1. The molecular formula is C13H20N2O. The molecule has 0 spiro atoms. The van der Waals surface area contributed by atoms with Crippen molar-refractivity contribution in [3.8, 4) is 0 Å². The molecule has 0 radical (unpaired) electrons. The minimum atomic E-state index is -0.137. The van der Waals surface area contributed by atoms with Crippen LogP contribution in [0, 0.1) is 0 Å². The predicted molar refractivity (Wildman–Crippen MR) is 67.3 cm³/mol. The molecule has 0 saturated heterocycles. The minimum Gasteiger partial charge on any atom is -0.399 e. The van der Waals surface area contributed by atoms with E-state index in [0.717, 1.165) is 6.42 Å². The fourth-order valence-corrected chi connectivity index (χ4v) is 1.38. The summed E-state index contributed by atoms with van der Waals surface area (Å²) in [7, 11) is 1.83. The van der Waals surface area contributed by atoms with Gasteiger partial charge in [0.25, 0.3) is 5.91 Å². The second kappa shape index (κ2) is 4.56. The van der Waals surface area contributed by atoms with Crippen molar-refractivity contribution in [1.82, 2.24) is 4.90 Å². The molecule has 0 unspecified atom stereocenters. The van der Waals surface area contributed by atoms with E-state index in [1.165, 1.54) is 0 Å². The van der Waals surface area contributed by atoms with E-state index < -0.39 is 0 Å². The largest absolute Gasteiger partial charge is 0.399 e. The van der Waals surface area contributed by atoms with Gasteiger partial charge in [-0.1, -0.05) is 13.0 Å². The van der Waals surface area contributed by atoms with Gasteiger partial charge in [0, 0.05) is 23.8 Å². The Bertz CT molecular complexity index is 385. The van der Waals surface area contributed by atoms with Crippen LogP contribution in [0.3, 0.4) is 0 Å². The fourth-order valence-electron chi connectivity index (χ4n) is 1.38. The SMILES string of the molecule is CCC(C)(C)N(C)C(=O)c1cccc(N)c1. The Morgan fingerprint density at radius 2 is 2.06 bits per heavy atom. The molecule has 1 amide bonds. The monoisotopic (exact) mass is 220 g/mol. The van der Waals surface area contributed by atoms with E-state index in [4.69, 9.17) is 5.73 Å². The average molecular weight is 220 g/mol. The Hall–Kier alpha value is -1.51. The molecule has 0 fully saturated rings. The van der Waals surface area contributed by atoms with Crippen LogP contribution in [0.25, 0.3) is 0 Å². The molecule has 0 aromatic heterocycles. The van der Waals surface area contributed by atoms with Gasteiger partial charge < -0.3 is 10.6 Å². The van der Waals surface area contributed by atoms with Crippen LogP contribution in [0.4, 0.5) is 5.69 Å². The molecule has 0 heterocycles. The highest BCUT2D eigenvalue weighted by Crippen LogP contribution is 2.19. The van der Waals surface area contributed by atoms with Gasteiger partial charge in [-0.2, -0.15) is 0 Å². The molecule has 1 aromatic carbocycles. The lowest BCUT2D eigenvalue weighted by Crippen LogP contribution is -2.44. The third kappa shape index (κ3) is 2.54. The number of nitrogens with zero attached hydrogens (tertiary/aromatic N) is 1. The van der Waals surface area contributed by atoms with Crippen LogP contribution in [0.1, 0.15) is 37.6 Å². The molecule has 88 valence electrons. The minimum absolute atomic E-state index is 0.0131. The van der Waals surface area contributed by atoms with Crippen molar-refractivity contribution in [1.29, 1.82) is 0 Å². The highest BCUT2D eigenvalue weighted by Gasteiger charge is 2.26. The maximum Gasteiger partial charge on any atom is 0.254 e. The summed E-state index contributed by atoms with van der Waals surface area (Å²) in [4.78, 5) is 13.9. The lowest BCUT2D eigenvalue weighted by molar-refractivity contribution is 0.0620. The first-order valence-corrected chi connectivity index (χ1v) is 5.52. The first-order chi connectivity index (χ1) is 7.38. The zero-order valence-electron chi connectivity index (χ0n) is 10.4. The Kier molecular flexibility index (Phi) is 3.58. The van der Waals surface area contributed by atoms with Gasteiger partial charge in [-0.3, -0.25) is 4.79 Å². The van der Waals surface area contributed by atoms with E-state index in [1.54, 1.807) is 29.2 Å². The van der Waals surface area contributed by atoms with Crippen molar-refractivity contribution < 1.29 is 4.79 Å². The van der Waals surface area contributed by atoms with Gasteiger partial charge >= 0.3 is 0 Å². The summed E-state index contributed by atoms with van der Waals surface area (Å²) in [5, 5.41) is 0. The normalized spacial score (nSPS) is 11.2. The van der Waals surface area contributed by atoms with Gasteiger partial charge in [0.2, 0.25) is 0 Å². The molecule has 3 heteroatoms. The van der Waals surface area contributed by atoms with Crippen LogP contribution in [0.5, 0.6) is 0 Å². The molecule has 0 aliphatic carbocycles. The van der Waals surface area contributed by atoms with Gasteiger partial charge in [0.1, 0.15) is 0 Å². The topological polar surface area (TPSA) is 46.3 Å². The van der Waals surface area contributed by atoms with E-state index >= 15 is 0 Å². The lowest BCUT2D eigenvalue weighted by Gasteiger charge is -2.35. The maximum atomic E-state index is 12.2. The van der Waals surface area contributed by atoms with Crippen LogP contribution < -0.4 is 5.73 Å². The van der Waals surface area contributed by atoms with Gasteiger partial charge in [0.15, 0.2) is 0 Å². The van der Waals surface area contributed by atoms with Crippen LogP contribution in [-0.4, -0.2) is 23.4 Å². The molecular weight excluding hydrogens is 200 g/mol. The van der Waals surface area contributed by atoms with Crippen LogP contribution in [-0.2, 0) is 0 Å². The highest BCUT2D eigenvalue weighted by atomic mass is 16.2. The van der Waals surface area contributed by atoms with Crippen LogP contribution >= 0.6 is 0 Å². The Balaban J connectivity index is 2.95. The van der Waals surface area contributed by atoms with Crippen molar-refractivity contribution in [2.75, 3.05) is 12.8 Å². The van der Waals surface area contributed by atoms with Crippen LogP contribution in [0.2, 0.25) is 0 Å². The smallest absolute Gasteiger partial charge is 0.254 e. The molecule has 1 rings (SSSR count). The maximum absolute atomic E-state index is 12.2. The number of hydrogen-bond donors (Lipinski definition) is 1. The van der Waals surface area contributed by atoms with E-state index in [1.807, 2.05) is 7.05 Å². The molecule has 16 heavy (non-hydrogen) atoms. The van der Waals surface area contributed by atoms with Crippen molar-refractivity contribution >= 4 is 11.6 Å². The summed E-state index contributed by atoms with van der Waals surface area (Å²) in [5.74, 6) is 0.0131. The summed E-state index contributed by atoms with van der Waals surface area (Å²) in [6, 6.07) is 7.09. The Labute approximate surface area is 97.2 Å². The third-order valence-corrected chi connectivity index (χ3v) is 3.21. The summed E-state index contributed by atoms with van der Waals surface area (Å²) >= 11 is 0. The molecule has 2 N–H and O–H groups in total. The molecule has 0 aliphatic heterocycles. The van der Waals surface area contributed by atoms with Crippen molar-refractivity contribution in [3.63, 3.8) is 0 Å². The van der Waals surface area contributed by atoms with Gasteiger partial charge in [-0.15, -0.1) is 0 Å². The summed E-state index contributed by atoms with van der Waals surface area (Å²) < 4.78 is 0. The van der Waals surface area contributed by atoms with E-state index in [0.29, 0.717) is 11.3 Å². The zero-order chi connectivity index (χ0) is 12.3. The van der Waals surface area contributed by atoms with E-state index in [-0.39, 0.29) is 11.4 Å². The predicted octanol–water partition coefficient (Wildman–Crippen LogP) is 2.53. The summed E-state index contributed by atoms with van der Waals surface area (Å²) in [5.41, 5.74) is 6.79. The number of carbonyl (C=O) groups excluding carboxylic acids is 1. The number of rotatable bonds is 3. The summed E-state index contributed by atoms with van der Waals surface area (Å²) in [6.07, 6.45) is 0.914. The number of nitrogen functional groups attached to an aromatic ring is 1. The third-order valence-electron chi connectivity index (χ3n) is 3.21. The molecule has 0 saturated carbocycles. The van der Waals surface area contributed by atoms with Crippen molar-refractivity contribution in [2.45, 2.75) is 32.7 Å². The van der Waals surface area contributed by atoms with Crippen molar-refractivity contribution in [3.05, 3.63) is 29.8 Å². The van der Waals surface area contributed by atoms with Gasteiger partial charge in [0.05, 0.1) is 0 Å². The molecule has 1 aromatic rings. The van der Waals surface area contributed by atoms with Gasteiger partial charge in [-0.25, -0.2) is 0 Å². The number of amides is 1. The van der Waals surface area contributed by atoms with E-state index in [2.05, 4.69) is 20.8 Å². The second-order valence-corrected chi connectivity index (χ2v) is 4.66. The molecule has 0 aliphatic rings. The number of hydrogen-bond acceptors (Lipinski definition) is 2. The second-order valence-electron chi connectivity index (χ2n) is 4.66. The zero-order valence-corrected chi connectivity index (χ0v) is 10.4. The lowest BCUT2D eigenvalue weighted by atomic mass is 9.99. The molecule has 0 bridgehead atoms. The average Bonchev–Trinajstić information content (AvgIpc) is 2.27. The summed E-state index contributed by atoms with van der Waals surface area (Å²) in [6.45, 7) is 6.18. The van der Waals surface area contributed by atoms with Gasteiger partial charge in [-0.05, 0) is 38.5 Å².